The number of aliphatic hydroxyl groups is 1. The average Bonchev–Trinajstić information content (AvgIpc) is 2.01. The fourth-order valence-corrected chi connectivity index (χ4v) is 0.414. The zero-order valence-corrected chi connectivity index (χ0v) is 6.50. The summed E-state index contributed by atoms with van der Waals surface area (Å²) >= 11 is 0. The molecule has 0 heterocycles. The highest BCUT2D eigenvalue weighted by Gasteiger charge is 1.92. The molecule has 3 heteroatoms. The van der Waals surface area contributed by atoms with E-state index in [1.54, 1.807) is 13.0 Å². The van der Waals surface area contributed by atoms with Gasteiger partial charge in [0.2, 0.25) is 0 Å². The predicted molar refractivity (Wildman–Crippen MR) is 40.6 cm³/mol. The normalized spacial score (nSPS) is 11.9. The van der Waals surface area contributed by atoms with Gasteiger partial charge in [-0.1, -0.05) is 12.0 Å². The lowest BCUT2D eigenvalue weighted by molar-refractivity contribution is -0.133. The summed E-state index contributed by atoms with van der Waals surface area (Å²) in [5, 5.41) is 8.93. The van der Waals surface area contributed by atoms with E-state index in [1.165, 1.54) is 13.2 Å². The Morgan fingerprint density at radius 3 is 2.82 bits per heavy atom. The summed E-state index contributed by atoms with van der Waals surface area (Å²) in [7, 11) is 1.24. The monoisotopic (exact) mass is 154 g/mol. The van der Waals surface area contributed by atoms with Crippen molar-refractivity contribution in [3.8, 4) is 11.8 Å². The van der Waals surface area contributed by atoms with Crippen molar-refractivity contribution in [2.75, 3.05) is 7.11 Å². The van der Waals surface area contributed by atoms with Crippen LogP contribution in [0, 0.1) is 11.8 Å². The molecule has 1 unspecified atom stereocenters. The van der Waals surface area contributed by atoms with Crippen LogP contribution >= 0.6 is 0 Å². The zero-order valence-electron chi connectivity index (χ0n) is 6.50. The van der Waals surface area contributed by atoms with E-state index in [-0.39, 0.29) is 0 Å². The van der Waals surface area contributed by atoms with Crippen LogP contribution in [0.4, 0.5) is 0 Å². The molecular weight excluding hydrogens is 144 g/mol. The summed E-state index contributed by atoms with van der Waals surface area (Å²) < 4.78 is 4.23. The predicted octanol–water partition coefficient (Wildman–Crippen LogP) is 0.0998. The molecule has 3 nitrogen and oxygen atoms in total. The fourth-order valence-electron chi connectivity index (χ4n) is 0.414. The molecule has 0 rings (SSSR count). The second-order valence-corrected chi connectivity index (χ2v) is 1.73. The van der Waals surface area contributed by atoms with Gasteiger partial charge in [0.15, 0.2) is 0 Å². The zero-order chi connectivity index (χ0) is 8.69. The van der Waals surface area contributed by atoms with Crippen molar-refractivity contribution in [2.45, 2.75) is 13.0 Å². The van der Waals surface area contributed by atoms with Gasteiger partial charge in [0.1, 0.15) is 6.10 Å². The second-order valence-electron chi connectivity index (χ2n) is 1.73. The van der Waals surface area contributed by atoms with Crippen LogP contribution in [0.15, 0.2) is 12.2 Å². The van der Waals surface area contributed by atoms with Crippen LogP contribution in [-0.4, -0.2) is 24.3 Å². The van der Waals surface area contributed by atoms with E-state index in [2.05, 4.69) is 16.6 Å². The van der Waals surface area contributed by atoms with E-state index < -0.39 is 12.1 Å². The molecule has 0 aliphatic carbocycles. The Labute approximate surface area is 65.7 Å². The minimum Gasteiger partial charge on any atom is -0.459 e. The molecule has 0 aromatic rings. The first-order valence-corrected chi connectivity index (χ1v) is 3.11. The molecule has 0 saturated heterocycles. The van der Waals surface area contributed by atoms with E-state index in [9.17, 15) is 4.79 Å². The van der Waals surface area contributed by atoms with Gasteiger partial charge >= 0.3 is 5.97 Å². The Morgan fingerprint density at radius 1 is 1.73 bits per heavy atom. The fraction of sp³-hybridized carbons (Fsp3) is 0.375. The van der Waals surface area contributed by atoms with Gasteiger partial charge in [0.05, 0.1) is 7.11 Å². The van der Waals surface area contributed by atoms with Crippen molar-refractivity contribution in [2.24, 2.45) is 0 Å². The third-order valence-electron chi connectivity index (χ3n) is 0.882. The average molecular weight is 154 g/mol. The Morgan fingerprint density at radius 2 is 2.36 bits per heavy atom. The quantitative estimate of drug-likeness (QED) is 0.252. The number of allylic oxidation sites excluding steroid dienone is 1. The molecule has 0 bridgehead atoms. The highest BCUT2D eigenvalue weighted by molar-refractivity contribution is 5.88. The standard InChI is InChI=1S/C8H10O3/c1-3-4-7(9)5-6-8(10)11-2/h3-4,7,9H,1-2H3/b4-3+. The van der Waals surface area contributed by atoms with Crippen LogP contribution in [0.1, 0.15) is 6.92 Å². The van der Waals surface area contributed by atoms with Crippen molar-refractivity contribution in [3.05, 3.63) is 12.2 Å². The van der Waals surface area contributed by atoms with Crippen molar-refractivity contribution in [1.82, 2.24) is 0 Å². The maximum absolute atomic E-state index is 10.4. The number of hydrogen-bond donors (Lipinski definition) is 1. The third-order valence-corrected chi connectivity index (χ3v) is 0.882. The molecule has 1 atom stereocenters. The summed E-state index contributed by atoms with van der Waals surface area (Å²) in [4.78, 5) is 10.4. The van der Waals surface area contributed by atoms with Gasteiger partial charge in [-0.2, -0.15) is 0 Å². The van der Waals surface area contributed by atoms with Crippen LogP contribution in [0.25, 0.3) is 0 Å². The van der Waals surface area contributed by atoms with Crippen LogP contribution in [-0.2, 0) is 9.53 Å². The van der Waals surface area contributed by atoms with E-state index in [0.29, 0.717) is 0 Å². The topological polar surface area (TPSA) is 46.5 Å². The first-order valence-electron chi connectivity index (χ1n) is 3.11. The Kier molecular flexibility index (Phi) is 4.87. The summed E-state index contributed by atoms with van der Waals surface area (Å²) in [6, 6.07) is 0. The van der Waals surface area contributed by atoms with Gasteiger partial charge in [0, 0.05) is 5.92 Å². The van der Waals surface area contributed by atoms with Gasteiger partial charge in [-0.15, -0.1) is 0 Å². The summed E-state index contributed by atoms with van der Waals surface area (Å²) in [6.07, 6.45) is 2.23. The smallest absolute Gasteiger partial charge is 0.384 e. The molecule has 0 amide bonds. The van der Waals surface area contributed by atoms with Crippen LogP contribution in [0.5, 0.6) is 0 Å². The number of carbonyl (C=O) groups excluding carboxylic acids is 1. The van der Waals surface area contributed by atoms with E-state index in [1.807, 2.05) is 0 Å². The molecular formula is C8H10O3. The molecule has 0 fully saturated rings. The van der Waals surface area contributed by atoms with Gasteiger partial charge in [-0.25, -0.2) is 4.79 Å². The molecule has 1 N–H and O–H groups in total. The third kappa shape index (κ3) is 5.19. The van der Waals surface area contributed by atoms with Crippen LogP contribution in [0.2, 0.25) is 0 Å². The highest BCUT2D eigenvalue weighted by atomic mass is 16.5. The number of hydrogen-bond acceptors (Lipinski definition) is 3. The van der Waals surface area contributed by atoms with Crippen molar-refractivity contribution in [3.63, 3.8) is 0 Å². The van der Waals surface area contributed by atoms with Crippen molar-refractivity contribution in [1.29, 1.82) is 0 Å². The highest BCUT2D eigenvalue weighted by Crippen LogP contribution is 1.82. The molecule has 0 spiro atoms. The molecule has 0 saturated carbocycles. The van der Waals surface area contributed by atoms with Gasteiger partial charge in [-0.05, 0) is 13.0 Å². The summed E-state index contributed by atoms with van der Waals surface area (Å²) in [5.74, 6) is 3.74. The van der Waals surface area contributed by atoms with Crippen LogP contribution < -0.4 is 0 Å². The Bertz CT molecular complexity index is 207. The lowest BCUT2D eigenvalue weighted by atomic mass is 10.3. The number of methoxy groups -OCH3 is 1. The minimum atomic E-state index is -0.890. The van der Waals surface area contributed by atoms with Gasteiger partial charge in [-0.3, -0.25) is 0 Å². The van der Waals surface area contributed by atoms with Gasteiger partial charge < -0.3 is 9.84 Å². The van der Waals surface area contributed by atoms with E-state index >= 15 is 0 Å². The SMILES string of the molecule is C/C=C/C(O)C#CC(=O)OC. The van der Waals surface area contributed by atoms with Crippen molar-refractivity contribution < 1.29 is 14.6 Å². The molecule has 0 aromatic heterocycles. The Balaban J connectivity index is 3.96. The molecule has 0 aliphatic rings. The summed E-state index contributed by atoms with van der Waals surface area (Å²) in [6.45, 7) is 1.75. The minimum absolute atomic E-state index is 0.645. The Hall–Kier alpha value is -1.27. The molecule has 0 radical (unpaired) electrons. The van der Waals surface area contributed by atoms with Gasteiger partial charge in [0.25, 0.3) is 0 Å². The number of aliphatic hydroxyl groups excluding tert-OH is 1. The lowest BCUT2D eigenvalue weighted by Crippen LogP contribution is -2.00. The number of ether oxygens (including phenoxy) is 1. The summed E-state index contributed by atoms with van der Waals surface area (Å²) in [5.41, 5.74) is 0. The first-order chi connectivity index (χ1) is 5.20. The maximum Gasteiger partial charge on any atom is 0.384 e. The largest absolute Gasteiger partial charge is 0.459 e. The molecule has 60 valence electrons. The second kappa shape index (κ2) is 5.51. The van der Waals surface area contributed by atoms with E-state index in [4.69, 9.17) is 5.11 Å². The number of esters is 1. The van der Waals surface area contributed by atoms with Crippen molar-refractivity contribution >= 4 is 5.97 Å². The number of carbonyl (C=O) groups is 1. The molecule has 0 aliphatic heterocycles. The molecule has 11 heavy (non-hydrogen) atoms. The van der Waals surface area contributed by atoms with Crippen LogP contribution in [0.3, 0.4) is 0 Å². The number of rotatable bonds is 1. The lowest BCUT2D eigenvalue weighted by Gasteiger charge is -1.90. The maximum atomic E-state index is 10.4. The molecule has 0 aromatic carbocycles. The first kappa shape index (κ1) is 9.73. The van der Waals surface area contributed by atoms with E-state index in [0.717, 1.165) is 0 Å².